The van der Waals surface area contributed by atoms with Gasteiger partial charge in [-0.3, -0.25) is 0 Å². The molecule has 1 N–H and O–H groups in total. The van der Waals surface area contributed by atoms with E-state index < -0.39 is 0 Å². The zero-order valence-electron chi connectivity index (χ0n) is 11.1. The van der Waals surface area contributed by atoms with Gasteiger partial charge in [-0.25, -0.2) is 9.97 Å². The summed E-state index contributed by atoms with van der Waals surface area (Å²) in [6.07, 6.45) is 6.17. The fourth-order valence-corrected chi connectivity index (χ4v) is 1.91. The van der Waals surface area contributed by atoms with Gasteiger partial charge in [0.25, 0.3) is 0 Å². The van der Waals surface area contributed by atoms with Crippen molar-refractivity contribution in [2.75, 3.05) is 11.9 Å². The summed E-state index contributed by atoms with van der Waals surface area (Å²) in [5.74, 6) is 2.05. The highest BCUT2D eigenvalue weighted by atomic mass is 15.0. The van der Waals surface area contributed by atoms with E-state index in [1.807, 2.05) is 44.4 Å². The molecule has 2 heterocycles. The quantitative estimate of drug-likeness (QED) is 0.795. The molecule has 0 amide bonds. The Balaban J connectivity index is 1.66. The molecule has 4 heteroatoms. The Kier molecular flexibility index (Phi) is 4.34. The number of nitrogens with zero attached hydrogens (tertiary/aromatic N) is 3. The Morgan fingerprint density at radius 1 is 1.22 bits per heavy atom. The molecule has 18 heavy (non-hydrogen) atoms. The number of hydrogen-bond acceptors (Lipinski definition) is 3. The van der Waals surface area contributed by atoms with Crippen LogP contribution in [-0.2, 0) is 6.54 Å². The predicted molar refractivity (Wildman–Crippen MR) is 73.7 cm³/mol. The molecule has 0 aromatic carbocycles. The van der Waals surface area contributed by atoms with E-state index in [0.717, 1.165) is 43.3 Å². The molecular formula is C14H20N4. The molecule has 2 rings (SSSR count). The fourth-order valence-electron chi connectivity index (χ4n) is 1.91. The maximum atomic E-state index is 4.41. The van der Waals surface area contributed by atoms with Crippen LogP contribution in [0.2, 0.25) is 0 Å². The minimum atomic E-state index is 0.962. The van der Waals surface area contributed by atoms with E-state index in [9.17, 15) is 0 Å². The van der Waals surface area contributed by atoms with Gasteiger partial charge in [-0.15, -0.1) is 0 Å². The molecular weight excluding hydrogens is 224 g/mol. The third-order valence-corrected chi connectivity index (χ3v) is 2.94. The van der Waals surface area contributed by atoms with Crippen molar-refractivity contribution in [2.24, 2.45) is 0 Å². The van der Waals surface area contributed by atoms with Crippen LogP contribution < -0.4 is 5.32 Å². The van der Waals surface area contributed by atoms with Crippen molar-refractivity contribution in [2.45, 2.75) is 33.2 Å². The number of imidazole rings is 1. The lowest BCUT2D eigenvalue weighted by atomic mass is 10.3. The van der Waals surface area contributed by atoms with Crippen LogP contribution in [0.25, 0.3) is 0 Å². The summed E-state index contributed by atoms with van der Waals surface area (Å²) in [5, 5.41) is 3.34. The Hall–Kier alpha value is -1.84. The molecule has 4 nitrogen and oxygen atoms in total. The fraction of sp³-hybridized carbons (Fsp3) is 0.429. The maximum Gasteiger partial charge on any atom is 0.126 e. The van der Waals surface area contributed by atoms with E-state index in [1.165, 1.54) is 0 Å². The number of aryl methyl sites for hydroxylation is 3. The summed E-state index contributed by atoms with van der Waals surface area (Å²) >= 11 is 0. The number of rotatable bonds is 6. The first kappa shape index (κ1) is 12.6. The topological polar surface area (TPSA) is 42.7 Å². The van der Waals surface area contributed by atoms with Gasteiger partial charge < -0.3 is 9.88 Å². The second-order valence-corrected chi connectivity index (χ2v) is 4.47. The highest BCUT2D eigenvalue weighted by molar-refractivity contribution is 5.34. The summed E-state index contributed by atoms with van der Waals surface area (Å²) in [5.41, 5.74) is 1.05. The van der Waals surface area contributed by atoms with Gasteiger partial charge in [-0.2, -0.15) is 0 Å². The number of unbranched alkanes of at least 4 members (excludes halogenated alkanes) is 1. The molecule has 0 saturated carbocycles. The van der Waals surface area contributed by atoms with Crippen LogP contribution >= 0.6 is 0 Å². The largest absolute Gasteiger partial charge is 0.370 e. The first-order valence-electron chi connectivity index (χ1n) is 6.41. The van der Waals surface area contributed by atoms with Gasteiger partial charge in [-0.05, 0) is 38.8 Å². The number of aromatic nitrogens is 3. The van der Waals surface area contributed by atoms with Crippen molar-refractivity contribution in [3.05, 3.63) is 42.1 Å². The van der Waals surface area contributed by atoms with Gasteiger partial charge in [-0.1, -0.05) is 6.07 Å². The van der Waals surface area contributed by atoms with Crippen LogP contribution in [0.5, 0.6) is 0 Å². The molecule has 0 atom stereocenters. The molecule has 0 spiro atoms. The molecule has 2 aromatic rings. The Labute approximate surface area is 108 Å². The summed E-state index contributed by atoms with van der Waals surface area (Å²) in [6, 6.07) is 6.04. The van der Waals surface area contributed by atoms with Crippen molar-refractivity contribution >= 4 is 5.82 Å². The standard InChI is InChI=1S/C14H20N4/c1-12-6-5-7-14(17-12)16-8-3-4-10-18-11-9-15-13(18)2/h5-7,9,11H,3-4,8,10H2,1-2H3,(H,16,17). The molecule has 0 saturated heterocycles. The Bertz CT molecular complexity index is 490. The SMILES string of the molecule is Cc1cccc(NCCCCn2ccnc2C)n1. The van der Waals surface area contributed by atoms with Gasteiger partial charge in [0.1, 0.15) is 11.6 Å². The monoisotopic (exact) mass is 244 g/mol. The molecule has 0 unspecified atom stereocenters. The van der Waals surface area contributed by atoms with Crippen molar-refractivity contribution in [1.29, 1.82) is 0 Å². The number of anilines is 1. The number of pyridine rings is 1. The van der Waals surface area contributed by atoms with E-state index in [4.69, 9.17) is 0 Å². The predicted octanol–water partition coefficient (Wildman–Crippen LogP) is 2.79. The molecule has 0 aliphatic rings. The van der Waals surface area contributed by atoms with Crippen molar-refractivity contribution in [3.63, 3.8) is 0 Å². The van der Waals surface area contributed by atoms with Crippen LogP contribution in [0.1, 0.15) is 24.4 Å². The third-order valence-electron chi connectivity index (χ3n) is 2.94. The smallest absolute Gasteiger partial charge is 0.126 e. The van der Waals surface area contributed by atoms with Gasteiger partial charge in [0, 0.05) is 31.2 Å². The molecule has 96 valence electrons. The highest BCUT2D eigenvalue weighted by Gasteiger charge is 1.97. The molecule has 2 aromatic heterocycles. The van der Waals surface area contributed by atoms with Crippen molar-refractivity contribution < 1.29 is 0 Å². The Morgan fingerprint density at radius 3 is 2.83 bits per heavy atom. The van der Waals surface area contributed by atoms with Crippen molar-refractivity contribution in [1.82, 2.24) is 14.5 Å². The molecule has 0 aliphatic heterocycles. The third kappa shape index (κ3) is 3.58. The van der Waals surface area contributed by atoms with Crippen LogP contribution in [0, 0.1) is 13.8 Å². The first-order valence-corrected chi connectivity index (χ1v) is 6.41. The van der Waals surface area contributed by atoms with Crippen LogP contribution in [-0.4, -0.2) is 21.1 Å². The summed E-state index contributed by atoms with van der Waals surface area (Å²) in [6.45, 7) is 6.04. The van der Waals surface area contributed by atoms with Crippen LogP contribution in [0.15, 0.2) is 30.6 Å². The lowest BCUT2D eigenvalue weighted by molar-refractivity contribution is 0.607. The minimum Gasteiger partial charge on any atom is -0.370 e. The maximum absolute atomic E-state index is 4.41. The zero-order chi connectivity index (χ0) is 12.8. The highest BCUT2D eigenvalue weighted by Crippen LogP contribution is 2.05. The molecule has 0 aliphatic carbocycles. The second kappa shape index (κ2) is 6.19. The van der Waals surface area contributed by atoms with Gasteiger partial charge >= 0.3 is 0 Å². The average molecular weight is 244 g/mol. The normalized spacial score (nSPS) is 10.6. The van der Waals surface area contributed by atoms with Gasteiger partial charge in [0.05, 0.1) is 0 Å². The van der Waals surface area contributed by atoms with E-state index in [-0.39, 0.29) is 0 Å². The number of hydrogen-bond donors (Lipinski definition) is 1. The molecule has 0 fully saturated rings. The van der Waals surface area contributed by atoms with Gasteiger partial charge in [0.15, 0.2) is 0 Å². The molecule has 0 bridgehead atoms. The first-order chi connectivity index (χ1) is 8.75. The van der Waals surface area contributed by atoms with Crippen LogP contribution in [0.4, 0.5) is 5.82 Å². The number of nitrogens with one attached hydrogen (secondary N) is 1. The second-order valence-electron chi connectivity index (χ2n) is 4.47. The summed E-state index contributed by atoms with van der Waals surface area (Å²) in [7, 11) is 0. The van der Waals surface area contributed by atoms with Crippen LogP contribution in [0.3, 0.4) is 0 Å². The van der Waals surface area contributed by atoms with E-state index in [0.29, 0.717) is 0 Å². The van der Waals surface area contributed by atoms with Crippen molar-refractivity contribution in [3.8, 4) is 0 Å². The zero-order valence-corrected chi connectivity index (χ0v) is 11.1. The molecule has 0 radical (unpaired) electrons. The van der Waals surface area contributed by atoms with E-state index in [1.54, 1.807) is 0 Å². The summed E-state index contributed by atoms with van der Waals surface area (Å²) < 4.78 is 2.19. The lowest BCUT2D eigenvalue weighted by Gasteiger charge is -2.07. The lowest BCUT2D eigenvalue weighted by Crippen LogP contribution is -2.06. The summed E-state index contributed by atoms with van der Waals surface area (Å²) in [4.78, 5) is 8.62. The minimum absolute atomic E-state index is 0.962. The van der Waals surface area contributed by atoms with E-state index in [2.05, 4.69) is 19.9 Å². The average Bonchev–Trinajstić information content (AvgIpc) is 2.75. The Morgan fingerprint density at radius 2 is 2.11 bits per heavy atom. The van der Waals surface area contributed by atoms with Gasteiger partial charge in [0.2, 0.25) is 0 Å². The van der Waals surface area contributed by atoms with E-state index >= 15 is 0 Å².